The number of aromatic nitrogens is 1. The molecule has 6 heteroatoms. The predicted octanol–water partition coefficient (Wildman–Crippen LogP) is 2.05. The standard InChI is InChI=1S/C17H19N3O2S/c18-17(22)13-5-3-9-20(10-13)16(21)11-23-15-8-7-12-4-1-2-6-14(12)19-15/h1-2,4,6-8,13H,3,5,9-11H2,(H2,18,22)/t13-/m0/s1. The molecule has 2 amide bonds. The van der Waals surface area contributed by atoms with Crippen LogP contribution in [-0.2, 0) is 9.59 Å². The highest BCUT2D eigenvalue weighted by Crippen LogP contribution is 2.22. The molecule has 0 bridgehead atoms. The van der Waals surface area contributed by atoms with Crippen LogP contribution in [0.1, 0.15) is 12.8 Å². The first-order chi connectivity index (χ1) is 11.1. The highest BCUT2D eigenvalue weighted by atomic mass is 32.2. The highest BCUT2D eigenvalue weighted by molar-refractivity contribution is 7.99. The molecule has 1 aliphatic heterocycles. The number of fused-ring (bicyclic) bond motifs is 1. The molecule has 0 radical (unpaired) electrons. The maximum Gasteiger partial charge on any atom is 0.233 e. The van der Waals surface area contributed by atoms with E-state index in [0.29, 0.717) is 18.8 Å². The fourth-order valence-electron chi connectivity index (χ4n) is 2.79. The predicted molar refractivity (Wildman–Crippen MR) is 91.0 cm³/mol. The van der Waals surface area contributed by atoms with Crippen molar-refractivity contribution >= 4 is 34.5 Å². The van der Waals surface area contributed by atoms with Crippen molar-refractivity contribution in [3.63, 3.8) is 0 Å². The number of benzene rings is 1. The van der Waals surface area contributed by atoms with Gasteiger partial charge in [0.2, 0.25) is 11.8 Å². The maximum absolute atomic E-state index is 12.3. The van der Waals surface area contributed by atoms with Gasteiger partial charge in [0.25, 0.3) is 0 Å². The number of piperidine rings is 1. The molecule has 1 fully saturated rings. The Hall–Kier alpha value is -2.08. The van der Waals surface area contributed by atoms with Crippen molar-refractivity contribution in [2.75, 3.05) is 18.8 Å². The van der Waals surface area contributed by atoms with Crippen LogP contribution in [0.15, 0.2) is 41.4 Å². The SMILES string of the molecule is NC(=O)[C@H]1CCCN(C(=O)CSc2ccc3ccccc3n2)C1. The van der Waals surface area contributed by atoms with E-state index in [0.717, 1.165) is 28.8 Å². The minimum absolute atomic E-state index is 0.0379. The molecule has 2 heterocycles. The maximum atomic E-state index is 12.3. The Labute approximate surface area is 139 Å². The van der Waals surface area contributed by atoms with E-state index in [4.69, 9.17) is 5.73 Å². The van der Waals surface area contributed by atoms with E-state index < -0.39 is 0 Å². The van der Waals surface area contributed by atoms with Gasteiger partial charge >= 0.3 is 0 Å². The van der Waals surface area contributed by atoms with Crippen molar-refractivity contribution < 1.29 is 9.59 Å². The summed E-state index contributed by atoms with van der Waals surface area (Å²) in [6.45, 7) is 1.15. The van der Waals surface area contributed by atoms with Crippen LogP contribution in [0.25, 0.3) is 10.9 Å². The zero-order valence-corrected chi connectivity index (χ0v) is 13.6. The third kappa shape index (κ3) is 3.82. The lowest BCUT2D eigenvalue weighted by molar-refractivity contribution is -0.132. The third-order valence-electron chi connectivity index (χ3n) is 4.09. The average molecular weight is 329 g/mol. The molecule has 0 unspecified atom stereocenters. The summed E-state index contributed by atoms with van der Waals surface area (Å²) in [4.78, 5) is 29.9. The number of nitrogens with two attached hydrogens (primary N) is 1. The van der Waals surface area contributed by atoms with E-state index in [1.54, 1.807) is 4.90 Å². The van der Waals surface area contributed by atoms with Gasteiger partial charge in [0.05, 0.1) is 22.2 Å². The van der Waals surface area contributed by atoms with Crippen LogP contribution in [0.5, 0.6) is 0 Å². The second-order valence-electron chi connectivity index (χ2n) is 5.71. The fourth-order valence-corrected chi connectivity index (χ4v) is 3.57. The molecule has 2 N–H and O–H groups in total. The minimum Gasteiger partial charge on any atom is -0.369 e. The van der Waals surface area contributed by atoms with Gasteiger partial charge in [-0.1, -0.05) is 36.0 Å². The largest absolute Gasteiger partial charge is 0.369 e. The molecular weight excluding hydrogens is 310 g/mol. The first-order valence-corrected chi connectivity index (χ1v) is 8.68. The number of para-hydroxylation sites is 1. The number of hydrogen-bond donors (Lipinski definition) is 1. The normalized spacial score (nSPS) is 18.1. The summed E-state index contributed by atoms with van der Waals surface area (Å²) in [6.07, 6.45) is 1.61. The van der Waals surface area contributed by atoms with Crippen molar-refractivity contribution in [3.8, 4) is 0 Å². The number of pyridine rings is 1. The van der Waals surface area contributed by atoms with Crippen molar-refractivity contribution in [2.45, 2.75) is 17.9 Å². The van der Waals surface area contributed by atoms with Crippen molar-refractivity contribution in [2.24, 2.45) is 11.7 Å². The summed E-state index contributed by atoms with van der Waals surface area (Å²) in [5.74, 6) is -0.157. The van der Waals surface area contributed by atoms with Crippen molar-refractivity contribution in [3.05, 3.63) is 36.4 Å². The topological polar surface area (TPSA) is 76.3 Å². The first-order valence-electron chi connectivity index (χ1n) is 7.69. The van der Waals surface area contributed by atoms with Crippen LogP contribution in [0.3, 0.4) is 0 Å². The van der Waals surface area contributed by atoms with Crippen molar-refractivity contribution in [1.29, 1.82) is 0 Å². The lowest BCUT2D eigenvalue weighted by Crippen LogP contribution is -2.44. The summed E-state index contributed by atoms with van der Waals surface area (Å²) in [7, 11) is 0. The fraction of sp³-hybridized carbons (Fsp3) is 0.353. The van der Waals surface area contributed by atoms with Crippen molar-refractivity contribution in [1.82, 2.24) is 9.88 Å². The Kier molecular flexibility index (Phi) is 4.81. The van der Waals surface area contributed by atoms with E-state index >= 15 is 0 Å². The van der Waals surface area contributed by atoms with Gasteiger partial charge in [-0.05, 0) is 25.0 Å². The quantitative estimate of drug-likeness (QED) is 0.871. The van der Waals surface area contributed by atoms with E-state index in [1.165, 1.54) is 11.8 Å². The number of thioether (sulfide) groups is 1. The number of amides is 2. The molecule has 2 aromatic rings. The molecule has 3 rings (SSSR count). The minimum atomic E-state index is -0.314. The zero-order chi connectivity index (χ0) is 16.2. The summed E-state index contributed by atoms with van der Waals surface area (Å²) in [5, 5.41) is 1.92. The van der Waals surface area contributed by atoms with Gasteiger partial charge in [0, 0.05) is 18.5 Å². The Balaban J connectivity index is 1.60. The molecule has 1 aromatic carbocycles. The molecular formula is C17H19N3O2S. The molecule has 0 spiro atoms. The van der Waals surface area contributed by atoms with Crippen LogP contribution in [0, 0.1) is 5.92 Å². The molecule has 120 valence electrons. The van der Waals surface area contributed by atoms with E-state index in [9.17, 15) is 9.59 Å². The molecule has 0 aliphatic carbocycles. The smallest absolute Gasteiger partial charge is 0.233 e. The number of hydrogen-bond acceptors (Lipinski definition) is 4. The van der Waals surface area contributed by atoms with Gasteiger partial charge in [0.15, 0.2) is 0 Å². The summed E-state index contributed by atoms with van der Waals surface area (Å²) >= 11 is 1.43. The van der Waals surface area contributed by atoms with Gasteiger partial charge in [-0.3, -0.25) is 9.59 Å². The molecule has 1 aliphatic rings. The molecule has 23 heavy (non-hydrogen) atoms. The lowest BCUT2D eigenvalue weighted by Gasteiger charge is -2.31. The van der Waals surface area contributed by atoms with Gasteiger partial charge in [-0.15, -0.1) is 0 Å². The Morgan fingerprint density at radius 1 is 1.26 bits per heavy atom. The Morgan fingerprint density at radius 3 is 2.91 bits per heavy atom. The summed E-state index contributed by atoms with van der Waals surface area (Å²) in [6, 6.07) is 11.9. The third-order valence-corrected chi connectivity index (χ3v) is 5.01. The van der Waals surface area contributed by atoms with Crippen LogP contribution in [-0.4, -0.2) is 40.5 Å². The van der Waals surface area contributed by atoms with E-state index in [2.05, 4.69) is 4.98 Å². The molecule has 5 nitrogen and oxygen atoms in total. The Morgan fingerprint density at radius 2 is 2.09 bits per heavy atom. The lowest BCUT2D eigenvalue weighted by atomic mass is 9.97. The van der Waals surface area contributed by atoms with Crippen LogP contribution >= 0.6 is 11.8 Å². The summed E-state index contributed by atoms with van der Waals surface area (Å²) < 4.78 is 0. The number of rotatable bonds is 4. The Bertz CT molecular complexity index is 735. The van der Waals surface area contributed by atoms with Gasteiger partial charge in [0.1, 0.15) is 0 Å². The first kappa shape index (κ1) is 15.8. The average Bonchev–Trinajstić information content (AvgIpc) is 2.59. The van der Waals surface area contributed by atoms with Crippen LogP contribution in [0.2, 0.25) is 0 Å². The number of likely N-dealkylation sites (tertiary alicyclic amines) is 1. The van der Waals surface area contributed by atoms with Gasteiger partial charge < -0.3 is 10.6 Å². The summed E-state index contributed by atoms with van der Waals surface area (Å²) in [5.41, 5.74) is 6.28. The zero-order valence-electron chi connectivity index (χ0n) is 12.8. The number of nitrogens with zero attached hydrogens (tertiary/aromatic N) is 2. The van der Waals surface area contributed by atoms with Gasteiger partial charge in [-0.2, -0.15) is 0 Å². The monoisotopic (exact) mass is 329 g/mol. The van der Waals surface area contributed by atoms with E-state index in [-0.39, 0.29) is 17.7 Å². The van der Waals surface area contributed by atoms with Gasteiger partial charge in [-0.25, -0.2) is 4.98 Å². The van der Waals surface area contributed by atoms with Crippen LogP contribution < -0.4 is 5.73 Å². The highest BCUT2D eigenvalue weighted by Gasteiger charge is 2.26. The molecule has 1 atom stereocenters. The molecule has 1 saturated heterocycles. The second kappa shape index (κ2) is 7.00. The number of primary amides is 1. The molecule has 1 aromatic heterocycles. The molecule has 0 saturated carbocycles. The number of carbonyl (C=O) groups is 2. The van der Waals surface area contributed by atoms with Crippen LogP contribution in [0.4, 0.5) is 0 Å². The number of carbonyl (C=O) groups excluding carboxylic acids is 2. The second-order valence-corrected chi connectivity index (χ2v) is 6.71. The van der Waals surface area contributed by atoms with E-state index in [1.807, 2.05) is 36.4 Å².